The molecule has 0 aliphatic carbocycles. The average molecular weight is 354 g/mol. The molecule has 5 nitrogen and oxygen atoms in total. The Kier molecular flexibility index (Phi) is 4.99. The number of fused-ring (bicyclic) bond motifs is 1. The largest absolute Gasteiger partial charge is 0.373 e. The van der Waals surface area contributed by atoms with Crippen molar-refractivity contribution in [2.45, 2.75) is 20.8 Å². The van der Waals surface area contributed by atoms with Crippen molar-refractivity contribution in [2.75, 3.05) is 25.0 Å². The molecule has 130 valence electrons. The van der Waals surface area contributed by atoms with Gasteiger partial charge in [0.1, 0.15) is 10.7 Å². The molecule has 1 N–H and O–H groups in total. The Morgan fingerprint density at radius 2 is 1.88 bits per heavy atom. The maximum atomic E-state index is 12.6. The molecule has 0 fully saturated rings. The number of aromatic nitrogens is 2. The summed E-state index contributed by atoms with van der Waals surface area (Å²) >= 11 is 1.44. The minimum absolute atomic E-state index is 0.0426. The topological polar surface area (TPSA) is 58.1 Å². The average Bonchev–Trinajstić information content (AvgIpc) is 2.92. The van der Waals surface area contributed by atoms with E-state index in [2.05, 4.69) is 32.3 Å². The molecule has 0 saturated carbocycles. The zero-order valence-electron chi connectivity index (χ0n) is 15.0. The van der Waals surface area contributed by atoms with Gasteiger partial charge in [0.05, 0.1) is 4.88 Å². The van der Waals surface area contributed by atoms with Crippen molar-refractivity contribution in [1.29, 1.82) is 0 Å². The summed E-state index contributed by atoms with van der Waals surface area (Å²) in [6, 6.07) is 10.1. The first kappa shape index (κ1) is 17.4. The molecule has 6 heteroatoms. The van der Waals surface area contributed by atoms with Crippen LogP contribution in [0.15, 0.2) is 30.3 Å². The molecule has 0 radical (unpaired) electrons. The number of carbonyl (C=O) groups excluding carboxylic acids is 1. The Morgan fingerprint density at radius 1 is 1.16 bits per heavy atom. The highest BCUT2D eigenvalue weighted by Gasteiger charge is 2.18. The number of anilines is 1. The molecular formula is C19H22N4OS. The van der Waals surface area contributed by atoms with Crippen molar-refractivity contribution in [2.24, 2.45) is 0 Å². The number of nitrogens with zero attached hydrogens (tertiary/aromatic N) is 3. The normalized spacial score (nSPS) is 10.9. The van der Waals surface area contributed by atoms with Crippen LogP contribution in [0.4, 0.5) is 5.69 Å². The van der Waals surface area contributed by atoms with Crippen LogP contribution in [0, 0.1) is 20.8 Å². The summed E-state index contributed by atoms with van der Waals surface area (Å²) in [5, 5.41) is 4.02. The lowest BCUT2D eigenvalue weighted by Gasteiger charge is -2.19. The molecule has 25 heavy (non-hydrogen) atoms. The van der Waals surface area contributed by atoms with Crippen LogP contribution < -0.4 is 10.2 Å². The van der Waals surface area contributed by atoms with Gasteiger partial charge in [0.2, 0.25) is 0 Å². The Morgan fingerprint density at radius 3 is 2.60 bits per heavy atom. The van der Waals surface area contributed by atoms with Gasteiger partial charge in [0.15, 0.2) is 0 Å². The molecule has 0 aliphatic heterocycles. The minimum Gasteiger partial charge on any atom is -0.373 e. The molecule has 2 aromatic heterocycles. The Balaban J connectivity index is 1.69. The maximum Gasteiger partial charge on any atom is 0.261 e. The van der Waals surface area contributed by atoms with Crippen molar-refractivity contribution in [3.05, 3.63) is 52.3 Å². The standard InChI is InChI=1S/C19H22N4OS/c1-12-16-13(2)21-14(3)22-19(16)25-17(12)18(24)20-10-11-23(4)15-8-6-5-7-9-15/h5-9H,10-11H2,1-4H3,(H,20,24). The van der Waals surface area contributed by atoms with Gasteiger partial charge in [0, 0.05) is 36.9 Å². The van der Waals surface area contributed by atoms with Crippen molar-refractivity contribution >= 4 is 33.1 Å². The van der Waals surface area contributed by atoms with Gasteiger partial charge in [-0.2, -0.15) is 0 Å². The highest BCUT2D eigenvalue weighted by Crippen LogP contribution is 2.31. The van der Waals surface area contributed by atoms with E-state index in [9.17, 15) is 4.79 Å². The van der Waals surface area contributed by atoms with Crippen LogP contribution in [-0.2, 0) is 0 Å². The fourth-order valence-electron chi connectivity index (χ4n) is 2.92. The monoisotopic (exact) mass is 354 g/mol. The molecule has 0 aliphatic rings. The predicted octanol–water partition coefficient (Wildman–Crippen LogP) is 3.48. The van der Waals surface area contributed by atoms with Crippen LogP contribution in [-0.4, -0.2) is 36.0 Å². The molecule has 2 heterocycles. The number of para-hydroxylation sites is 1. The van der Waals surface area contributed by atoms with E-state index in [-0.39, 0.29) is 5.91 Å². The third kappa shape index (κ3) is 3.64. The molecule has 3 rings (SSSR count). The van der Waals surface area contributed by atoms with Crippen molar-refractivity contribution in [3.63, 3.8) is 0 Å². The summed E-state index contributed by atoms with van der Waals surface area (Å²) in [4.78, 5) is 25.2. The number of hydrogen-bond acceptors (Lipinski definition) is 5. The number of carbonyl (C=O) groups is 1. The van der Waals surface area contributed by atoms with E-state index in [1.807, 2.05) is 46.0 Å². The number of nitrogens with one attached hydrogen (secondary N) is 1. The Bertz CT molecular complexity index is 905. The number of aryl methyl sites for hydroxylation is 3. The van der Waals surface area contributed by atoms with Gasteiger partial charge in [-0.25, -0.2) is 9.97 Å². The van der Waals surface area contributed by atoms with Crippen LogP contribution in [0.25, 0.3) is 10.2 Å². The minimum atomic E-state index is -0.0426. The van der Waals surface area contributed by atoms with E-state index in [1.54, 1.807) is 0 Å². The first-order valence-corrected chi connectivity index (χ1v) is 9.07. The maximum absolute atomic E-state index is 12.6. The van der Waals surface area contributed by atoms with E-state index >= 15 is 0 Å². The van der Waals surface area contributed by atoms with E-state index in [0.717, 1.165) is 44.4 Å². The number of amides is 1. The fourth-order valence-corrected chi connectivity index (χ4v) is 4.11. The van der Waals surface area contributed by atoms with Crippen LogP contribution in [0.1, 0.15) is 26.8 Å². The summed E-state index contributed by atoms with van der Waals surface area (Å²) < 4.78 is 0. The van der Waals surface area contributed by atoms with Gasteiger partial charge in [0.25, 0.3) is 5.91 Å². The van der Waals surface area contributed by atoms with Gasteiger partial charge in [-0.1, -0.05) is 18.2 Å². The Labute approximate surface area is 151 Å². The second-order valence-corrected chi connectivity index (χ2v) is 7.10. The number of hydrogen-bond donors (Lipinski definition) is 1. The van der Waals surface area contributed by atoms with Gasteiger partial charge >= 0.3 is 0 Å². The second-order valence-electron chi connectivity index (χ2n) is 6.11. The molecule has 1 aromatic carbocycles. The van der Waals surface area contributed by atoms with E-state index < -0.39 is 0 Å². The molecule has 0 atom stereocenters. The van der Waals surface area contributed by atoms with Crippen molar-refractivity contribution < 1.29 is 4.79 Å². The summed E-state index contributed by atoms with van der Waals surface area (Å²) in [5.41, 5.74) is 3.03. The molecule has 0 bridgehead atoms. The molecule has 3 aromatic rings. The molecule has 0 unspecified atom stereocenters. The van der Waals surface area contributed by atoms with E-state index in [4.69, 9.17) is 0 Å². The zero-order valence-corrected chi connectivity index (χ0v) is 15.8. The third-order valence-electron chi connectivity index (χ3n) is 4.22. The quantitative estimate of drug-likeness (QED) is 0.762. The molecule has 1 amide bonds. The number of benzene rings is 1. The Hall–Kier alpha value is -2.47. The summed E-state index contributed by atoms with van der Waals surface area (Å²) in [5.74, 6) is 0.696. The summed E-state index contributed by atoms with van der Waals surface area (Å²) in [6.07, 6.45) is 0. The molecular weight excluding hydrogens is 332 g/mol. The van der Waals surface area contributed by atoms with Gasteiger partial charge < -0.3 is 10.2 Å². The van der Waals surface area contributed by atoms with Gasteiger partial charge in [-0.15, -0.1) is 11.3 Å². The van der Waals surface area contributed by atoms with E-state index in [1.165, 1.54) is 11.3 Å². The highest BCUT2D eigenvalue weighted by atomic mass is 32.1. The summed E-state index contributed by atoms with van der Waals surface area (Å²) in [7, 11) is 2.02. The lowest BCUT2D eigenvalue weighted by molar-refractivity contribution is 0.0958. The first-order valence-electron chi connectivity index (χ1n) is 8.26. The van der Waals surface area contributed by atoms with Crippen molar-refractivity contribution in [1.82, 2.24) is 15.3 Å². The second kappa shape index (κ2) is 7.19. The number of thiophene rings is 1. The predicted molar refractivity (Wildman–Crippen MR) is 104 cm³/mol. The SMILES string of the molecule is Cc1nc(C)c2c(C)c(C(=O)NCCN(C)c3ccccc3)sc2n1. The van der Waals surface area contributed by atoms with E-state index in [0.29, 0.717) is 6.54 Å². The fraction of sp³-hybridized carbons (Fsp3) is 0.316. The number of likely N-dealkylation sites (N-methyl/N-ethyl adjacent to an activating group) is 1. The van der Waals surface area contributed by atoms with Crippen LogP contribution in [0.3, 0.4) is 0 Å². The lowest BCUT2D eigenvalue weighted by atomic mass is 10.1. The van der Waals surface area contributed by atoms with Crippen LogP contribution >= 0.6 is 11.3 Å². The lowest BCUT2D eigenvalue weighted by Crippen LogP contribution is -2.32. The van der Waals surface area contributed by atoms with Gasteiger partial charge in [-0.05, 0) is 38.5 Å². The number of rotatable bonds is 5. The van der Waals surface area contributed by atoms with Crippen LogP contribution in [0.2, 0.25) is 0 Å². The van der Waals surface area contributed by atoms with Crippen molar-refractivity contribution in [3.8, 4) is 0 Å². The molecule has 0 saturated heterocycles. The smallest absolute Gasteiger partial charge is 0.261 e. The molecule has 0 spiro atoms. The highest BCUT2D eigenvalue weighted by molar-refractivity contribution is 7.20. The third-order valence-corrected chi connectivity index (χ3v) is 5.40. The zero-order chi connectivity index (χ0) is 18.0. The van der Waals surface area contributed by atoms with Gasteiger partial charge in [-0.3, -0.25) is 4.79 Å². The van der Waals surface area contributed by atoms with Crippen LogP contribution in [0.5, 0.6) is 0 Å². The summed E-state index contributed by atoms with van der Waals surface area (Å²) in [6.45, 7) is 7.14. The first-order chi connectivity index (χ1) is 12.0.